The predicted octanol–water partition coefficient (Wildman–Crippen LogP) is 1.51. The highest BCUT2D eigenvalue weighted by Gasteiger charge is 2.34. The Morgan fingerprint density at radius 2 is 2.05 bits per heavy atom. The minimum Gasteiger partial charge on any atom is -0.311 e. The number of rotatable bonds is 2. The third-order valence-electron chi connectivity index (χ3n) is 3.44. The van der Waals surface area contributed by atoms with Gasteiger partial charge in [0.25, 0.3) is 0 Å². The van der Waals surface area contributed by atoms with E-state index in [1.165, 1.54) is 16.4 Å². The first kappa shape index (κ1) is 14.4. The van der Waals surface area contributed by atoms with Gasteiger partial charge in [0.2, 0.25) is 10.0 Å². The molecule has 0 spiro atoms. The van der Waals surface area contributed by atoms with Crippen molar-refractivity contribution in [3.8, 4) is 0 Å². The Bertz CT molecular complexity index is 574. The average Bonchev–Trinajstić information content (AvgIpc) is 2.35. The molecule has 1 aliphatic heterocycles. The van der Waals surface area contributed by atoms with Crippen LogP contribution >= 0.6 is 0 Å². The van der Waals surface area contributed by atoms with E-state index in [-0.39, 0.29) is 17.0 Å². The van der Waals surface area contributed by atoms with Gasteiger partial charge in [0.15, 0.2) is 0 Å². The Morgan fingerprint density at radius 3 is 2.74 bits per heavy atom. The fraction of sp³-hybridized carbons (Fsp3) is 0.538. The van der Waals surface area contributed by atoms with Crippen molar-refractivity contribution in [2.75, 3.05) is 13.1 Å². The van der Waals surface area contributed by atoms with E-state index in [2.05, 4.69) is 5.32 Å². The van der Waals surface area contributed by atoms with Gasteiger partial charge in [-0.25, -0.2) is 12.8 Å². The van der Waals surface area contributed by atoms with Gasteiger partial charge >= 0.3 is 0 Å². The molecule has 4 nitrogen and oxygen atoms in total. The molecule has 0 bridgehead atoms. The number of benzene rings is 1. The van der Waals surface area contributed by atoms with Crippen LogP contribution in [0.1, 0.15) is 19.4 Å². The van der Waals surface area contributed by atoms with E-state index in [4.69, 9.17) is 0 Å². The van der Waals surface area contributed by atoms with Gasteiger partial charge in [-0.15, -0.1) is 0 Å². The molecule has 6 heteroatoms. The normalized spacial score (nSPS) is 25.5. The van der Waals surface area contributed by atoms with Crippen LogP contribution in [-0.4, -0.2) is 37.9 Å². The molecular formula is C13H19FN2O2S. The Hall–Kier alpha value is -0.980. The quantitative estimate of drug-likeness (QED) is 0.896. The second kappa shape index (κ2) is 5.19. The Kier molecular flexibility index (Phi) is 3.94. The fourth-order valence-electron chi connectivity index (χ4n) is 2.30. The molecule has 0 saturated carbocycles. The molecular weight excluding hydrogens is 267 g/mol. The van der Waals surface area contributed by atoms with E-state index in [1.807, 2.05) is 13.8 Å². The first-order valence-electron chi connectivity index (χ1n) is 6.33. The van der Waals surface area contributed by atoms with Gasteiger partial charge in [-0.1, -0.05) is 6.07 Å². The maximum Gasteiger partial charge on any atom is 0.243 e. The summed E-state index contributed by atoms with van der Waals surface area (Å²) in [6, 6.07) is 3.84. The van der Waals surface area contributed by atoms with Crippen LogP contribution in [0.15, 0.2) is 23.1 Å². The van der Waals surface area contributed by atoms with Crippen molar-refractivity contribution in [3.63, 3.8) is 0 Å². The minimum absolute atomic E-state index is 0.0634. The summed E-state index contributed by atoms with van der Waals surface area (Å²) >= 11 is 0. The van der Waals surface area contributed by atoms with E-state index in [0.29, 0.717) is 18.7 Å². The van der Waals surface area contributed by atoms with Crippen molar-refractivity contribution in [3.05, 3.63) is 29.6 Å². The standard InChI is InChI=1S/C13H19FN2O2S/c1-9-4-5-12(14)6-13(9)19(17,18)16-8-10(2)15-7-11(16)3/h4-6,10-11,15H,7-8H2,1-3H3. The summed E-state index contributed by atoms with van der Waals surface area (Å²) in [6.45, 7) is 6.48. The van der Waals surface area contributed by atoms with Crippen molar-refractivity contribution >= 4 is 10.0 Å². The van der Waals surface area contributed by atoms with Crippen LogP contribution in [0.5, 0.6) is 0 Å². The second-order valence-electron chi connectivity index (χ2n) is 5.14. The lowest BCUT2D eigenvalue weighted by molar-refractivity contribution is 0.244. The van der Waals surface area contributed by atoms with Gasteiger partial charge in [-0.05, 0) is 38.5 Å². The largest absolute Gasteiger partial charge is 0.311 e. The van der Waals surface area contributed by atoms with Gasteiger partial charge in [-0.3, -0.25) is 0 Å². The lowest BCUT2D eigenvalue weighted by Crippen LogP contribution is -2.56. The maximum atomic E-state index is 13.3. The van der Waals surface area contributed by atoms with Crippen LogP contribution in [0.4, 0.5) is 4.39 Å². The van der Waals surface area contributed by atoms with Crippen LogP contribution in [-0.2, 0) is 10.0 Å². The summed E-state index contributed by atoms with van der Waals surface area (Å²) in [5.74, 6) is -0.528. The summed E-state index contributed by atoms with van der Waals surface area (Å²) in [7, 11) is -3.64. The fourth-order valence-corrected chi connectivity index (χ4v) is 4.26. The smallest absolute Gasteiger partial charge is 0.243 e. The number of nitrogens with one attached hydrogen (secondary N) is 1. The first-order chi connectivity index (χ1) is 8.82. The lowest BCUT2D eigenvalue weighted by Gasteiger charge is -2.36. The molecule has 2 atom stereocenters. The predicted molar refractivity (Wildman–Crippen MR) is 72.0 cm³/mol. The Labute approximate surface area is 113 Å². The van der Waals surface area contributed by atoms with Crippen molar-refractivity contribution < 1.29 is 12.8 Å². The topological polar surface area (TPSA) is 49.4 Å². The summed E-state index contributed by atoms with van der Waals surface area (Å²) in [6.07, 6.45) is 0. The molecule has 1 aliphatic rings. The zero-order valence-electron chi connectivity index (χ0n) is 11.4. The van der Waals surface area contributed by atoms with Gasteiger partial charge in [-0.2, -0.15) is 4.31 Å². The van der Waals surface area contributed by atoms with Crippen molar-refractivity contribution in [1.82, 2.24) is 9.62 Å². The summed E-state index contributed by atoms with van der Waals surface area (Å²) in [5.41, 5.74) is 0.569. The summed E-state index contributed by atoms with van der Waals surface area (Å²) in [5, 5.41) is 3.23. The first-order valence-corrected chi connectivity index (χ1v) is 7.77. The summed E-state index contributed by atoms with van der Waals surface area (Å²) < 4.78 is 40.1. The van der Waals surface area contributed by atoms with Crippen molar-refractivity contribution in [2.45, 2.75) is 37.8 Å². The number of nitrogens with zero attached hydrogens (tertiary/aromatic N) is 1. The molecule has 1 fully saturated rings. The molecule has 1 aromatic carbocycles. The molecule has 2 rings (SSSR count). The average molecular weight is 286 g/mol. The van der Waals surface area contributed by atoms with E-state index in [0.717, 1.165) is 6.07 Å². The highest BCUT2D eigenvalue weighted by atomic mass is 32.2. The molecule has 1 saturated heterocycles. The van der Waals surface area contributed by atoms with Gasteiger partial charge in [0.1, 0.15) is 5.82 Å². The third kappa shape index (κ3) is 2.80. The van der Waals surface area contributed by atoms with Crippen LogP contribution in [0.25, 0.3) is 0 Å². The van der Waals surface area contributed by atoms with Crippen LogP contribution in [0, 0.1) is 12.7 Å². The van der Waals surface area contributed by atoms with E-state index < -0.39 is 15.8 Å². The zero-order chi connectivity index (χ0) is 14.2. The number of sulfonamides is 1. The van der Waals surface area contributed by atoms with Crippen LogP contribution in [0.3, 0.4) is 0 Å². The van der Waals surface area contributed by atoms with Gasteiger partial charge in [0, 0.05) is 25.2 Å². The zero-order valence-corrected chi connectivity index (χ0v) is 12.2. The molecule has 2 unspecified atom stereocenters. The molecule has 1 aromatic rings. The molecule has 1 N–H and O–H groups in total. The number of piperazine rings is 1. The molecule has 0 amide bonds. The number of aryl methyl sites for hydroxylation is 1. The van der Waals surface area contributed by atoms with Gasteiger partial charge < -0.3 is 5.32 Å². The monoisotopic (exact) mass is 286 g/mol. The van der Waals surface area contributed by atoms with E-state index >= 15 is 0 Å². The third-order valence-corrected chi connectivity index (χ3v) is 5.57. The molecule has 106 valence electrons. The minimum atomic E-state index is -3.64. The molecule has 19 heavy (non-hydrogen) atoms. The van der Waals surface area contributed by atoms with E-state index in [1.54, 1.807) is 6.92 Å². The van der Waals surface area contributed by atoms with Gasteiger partial charge in [0.05, 0.1) is 4.90 Å². The number of halogens is 1. The van der Waals surface area contributed by atoms with Crippen LogP contribution < -0.4 is 5.32 Å². The maximum absolute atomic E-state index is 13.3. The Morgan fingerprint density at radius 1 is 1.37 bits per heavy atom. The highest BCUT2D eigenvalue weighted by Crippen LogP contribution is 2.24. The second-order valence-corrected chi connectivity index (χ2v) is 7.00. The van der Waals surface area contributed by atoms with Crippen molar-refractivity contribution in [2.24, 2.45) is 0 Å². The molecule has 1 heterocycles. The number of hydrogen-bond acceptors (Lipinski definition) is 3. The van der Waals surface area contributed by atoms with Crippen molar-refractivity contribution in [1.29, 1.82) is 0 Å². The van der Waals surface area contributed by atoms with E-state index in [9.17, 15) is 12.8 Å². The number of hydrogen-bond donors (Lipinski definition) is 1. The SMILES string of the molecule is Cc1ccc(F)cc1S(=O)(=O)N1CC(C)NCC1C. The highest BCUT2D eigenvalue weighted by molar-refractivity contribution is 7.89. The van der Waals surface area contributed by atoms with Crippen LogP contribution in [0.2, 0.25) is 0 Å². The molecule has 0 aromatic heterocycles. The molecule has 0 aliphatic carbocycles. The lowest BCUT2D eigenvalue weighted by atomic mass is 10.2. The Balaban J connectivity index is 2.44. The molecule has 0 radical (unpaired) electrons. The summed E-state index contributed by atoms with van der Waals surface area (Å²) in [4.78, 5) is 0.0634.